The Morgan fingerprint density at radius 1 is 1.10 bits per heavy atom. The molecule has 0 aromatic heterocycles. The van der Waals surface area contributed by atoms with Gasteiger partial charge in [-0.1, -0.05) is 42.5 Å². The van der Waals surface area contributed by atoms with Crippen molar-refractivity contribution in [3.05, 3.63) is 59.2 Å². The van der Waals surface area contributed by atoms with Crippen molar-refractivity contribution >= 4 is 5.91 Å². The first-order chi connectivity index (χ1) is 9.58. The Balaban J connectivity index is 1.98. The van der Waals surface area contributed by atoms with Crippen molar-refractivity contribution in [1.29, 1.82) is 0 Å². The van der Waals surface area contributed by atoms with Gasteiger partial charge in [-0.15, -0.1) is 0 Å². The van der Waals surface area contributed by atoms with E-state index in [9.17, 15) is 9.90 Å². The van der Waals surface area contributed by atoms with Gasteiger partial charge in [-0.25, -0.2) is 0 Å². The fraction of sp³-hybridized carbons (Fsp3) is 0.235. The van der Waals surface area contributed by atoms with E-state index in [1.54, 1.807) is 19.0 Å². The molecule has 0 aliphatic heterocycles. The van der Waals surface area contributed by atoms with Crippen molar-refractivity contribution in [1.82, 2.24) is 4.90 Å². The van der Waals surface area contributed by atoms with Crippen molar-refractivity contribution in [3.8, 4) is 11.1 Å². The van der Waals surface area contributed by atoms with Gasteiger partial charge >= 0.3 is 0 Å². The van der Waals surface area contributed by atoms with Crippen LogP contribution in [-0.4, -0.2) is 30.0 Å². The molecule has 0 fully saturated rings. The minimum absolute atomic E-state index is 0.0648. The maximum Gasteiger partial charge on any atom is 0.226 e. The number of fused-ring (bicyclic) bond motifs is 3. The predicted octanol–water partition coefficient (Wildman–Crippen LogP) is 2.38. The number of aliphatic hydroxyl groups is 1. The smallest absolute Gasteiger partial charge is 0.226 e. The fourth-order valence-corrected chi connectivity index (χ4v) is 2.67. The molecule has 1 unspecified atom stereocenters. The molecule has 3 nitrogen and oxygen atoms in total. The van der Waals surface area contributed by atoms with E-state index in [2.05, 4.69) is 0 Å². The van der Waals surface area contributed by atoms with E-state index in [1.807, 2.05) is 42.5 Å². The minimum atomic E-state index is -0.587. The summed E-state index contributed by atoms with van der Waals surface area (Å²) in [5.74, 6) is 0.0648. The van der Waals surface area contributed by atoms with Crippen LogP contribution in [0.3, 0.4) is 0 Å². The SMILES string of the molecule is CN(C)C(=O)Cc1ccc2c(c1)C(O)c1ccccc1-2. The van der Waals surface area contributed by atoms with Gasteiger partial charge in [0.15, 0.2) is 0 Å². The highest BCUT2D eigenvalue weighted by Gasteiger charge is 2.26. The number of aliphatic hydroxyl groups excluding tert-OH is 1. The highest BCUT2D eigenvalue weighted by Crippen LogP contribution is 2.43. The number of hydrogen-bond donors (Lipinski definition) is 1. The minimum Gasteiger partial charge on any atom is -0.384 e. The molecule has 102 valence electrons. The van der Waals surface area contributed by atoms with Crippen LogP contribution in [0.1, 0.15) is 22.8 Å². The molecule has 0 radical (unpaired) electrons. The lowest BCUT2D eigenvalue weighted by Gasteiger charge is -2.11. The van der Waals surface area contributed by atoms with Crippen LogP contribution in [0.15, 0.2) is 42.5 Å². The van der Waals surface area contributed by atoms with Crippen LogP contribution in [0.25, 0.3) is 11.1 Å². The molecule has 0 bridgehead atoms. The molecule has 0 saturated heterocycles. The van der Waals surface area contributed by atoms with Gasteiger partial charge in [-0.05, 0) is 27.8 Å². The van der Waals surface area contributed by atoms with Crippen LogP contribution in [0.2, 0.25) is 0 Å². The summed E-state index contributed by atoms with van der Waals surface area (Å²) in [5, 5.41) is 10.4. The van der Waals surface area contributed by atoms with Crippen molar-refractivity contribution < 1.29 is 9.90 Å². The lowest BCUT2D eigenvalue weighted by atomic mass is 10.0. The van der Waals surface area contributed by atoms with Gasteiger partial charge in [0, 0.05) is 14.1 Å². The van der Waals surface area contributed by atoms with Crippen LogP contribution in [0.5, 0.6) is 0 Å². The summed E-state index contributed by atoms with van der Waals surface area (Å²) in [6.07, 6.45) is -0.223. The summed E-state index contributed by atoms with van der Waals surface area (Å²) in [6, 6.07) is 13.8. The molecule has 0 spiro atoms. The van der Waals surface area contributed by atoms with Gasteiger partial charge in [0.1, 0.15) is 6.10 Å². The van der Waals surface area contributed by atoms with Crippen LogP contribution >= 0.6 is 0 Å². The average Bonchev–Trinajstić information content (AvgIpc) is 2.73. The van der Waals surface area contributed by atoms with Gasteiger partial charge in [0.2, 0.25) is 5.91 Å². The normalized spacial score (nSPS) is 15.7. The lowest BCUT2D eigenvalue weighted by Crippen LogP contribution is -2.23. The molecular weight excluding hydrogens is 250 g/mol. The Labute approximate surface area is 118 Å². The Morgan fingerprint density at radius 3 is 2.55 bits per heavy atom. The molecule has 2 aromatic carbocycles. The zero-order valence-electron chi connectivity index (χ0n) is 11.6. The van der Waals surface area contributed by atoms with E-state index >= 15 is 0 Å². The Bertz CT molecular complexity index is 676. The maximum absolute atomic E-state index is 11.8. The fourth-order valence-electron chi connectivity index (χ4n) is 2.67. The standard InChI is InChI=1S/C17H17NO2/c1-18(2)16(19)10-11-7-8-13-12-5-3-4-6-14(12)17(20)15(13)9-11/h3-9,17,20H,10H2,1-2H3. The number of carbonyl (C=O) groups excluding carboxylic acids is 1. The molecule has 1 N–H and O–H groups in total. The zero-order chi connectivity index (χ0) is 14.3. The maximum atomic E-state index is 11.8. The lowest BCUT2D eigenvalue weighted by molar-refractivity contribution is -0.127. The third kappa shape index (κ3) is 2.00. The summed E-state index contributed by atoms with van der Waals surface area (Å²) in [7, 11) is 3.50. The summed E-state index contributed by atoms with van der Waals surface area (Å²) in [6.45, 7) is 0. The van der Waals surface area contributed by atoms with E-state index < -0.39 is 6.10 Å². The second kappa shape index (κ2) is 4.76. The van der Waals surface area contributed by atoms with E-state index in [0.717, 1.165) is 27.8 Å². The van der Waals surface area contributed by atoms with Gasteiger partial charge < -0.3 is 10.0 Å². The highest BCUT2D eigenvalue weighted by molar-refractivity contribution is 5.81. The highest BCUT2D eigenvalue weighted by atomic mass is 16.3. The van der Waals surface area contributed by atoms with Gasteiger partial charge in [-0.3, -0.25) is 4.79 Å². The Kier molecular flexibility index (Phi) is 3.07. The molecule has 1 aliphatic carbocycles. The van der Waals surface area contributed by atoms with Crippen LogP contribution in [-0.2, 0) is 11.2 Å². The van der Waals surface area contributed by atoms with Crippen molar-refractivity contribution in [2.75, 3.05) is 14.1 Å². The zero-order valence-corrected chi connectivity index (χ0v) is 11.6. The summed E-state index contributed by atoms with van der Waals surface area (Å²) in [4.78, 5) is 13.4. The molecular formula is C17H17NO2. The third-order valence-corrected chi connectivity index (χ3v) is 3.81. The second-order valence-electron chi connectivity index (χ2n) is 5.38. The third-order valence-electron chi connectivity index (χ3n) is 3.81. The van der Waals surface area contributed by atoms with Crippen LogP contribution < -0.4 is 0 Å². The number of likely N-dealkylation sites (N-methyl/N-ethyl adjacent to an activating group) is 1. The molecule has 0 heterocycles. The molecule has 0 saturated carbocycles. The molecule has 1 aliphatic rings. The Hall–Kier alpha value is -2.13. The number of nitrogens with zero attached hydrogens (tertiary/aromatic N) is 1. The first kappa shape index (κ1) is 12.9. The Morgan fingerprint density at radius 2 is 1.80 bits per heavy atom. The topological polar surface area (TPSA) is 40.5 Å². The quantitative estimate of drug-likeness (QED) is 0.907. The largest absolute Gasteiger partial charge is 0.384 e. The van der Waals surface area contributed by atoms with E-state index in [-0.39, 0.29) is 5.91 Å². The van der Waals surface area contributed by atoms with Crippen LogP contribution in [0, 0.1) is 0 Å². The molecule has 3 heteroatoms. The number of carbonyl (C=O) groups is 1. The summed E-state index contributed by atoms with van der Waals surface area (Å²) >= 11 is 0. The molecule has 1 amide bonds. The molecule has 2 aromatic rings. The first-order valence-corrected chi connectivity index (χ1v) is 6.68. The number of rotatable bonds is 2. The van der Waals surface area contributed by atoms with Gasteiger partial charge in [0.25, 0.3) is 0 Å². The van der Waals surface area contributed by atoms with Crippen molar-refractivity contribution in [3.63, 3.8) is 0 Å². The average molecular weight is 267 g/mol. The van der Waals surface area contributed by atoms with Gasteiger partial charge in [-0.2, -0.15) is 0 Å². The van der Waals surface area contributed by atoms with Crippen LogP contribution in [0.4, 0.5) is 0 Å². The van der Waals surface area contributed by atoms with E-state index in [1.165, 1.54) is 0 Å². The number of benzene rings is 2. The van der Waals surface area contributed by atoms with E-state index in [4.69, 9.17) is 0 Å². The molecule has 20 heavy (non-hydrogen) atoms. The molecule has 1 atom stereocenters. The first-order valence-electron chi connectivity index (χ1n) is 6.68. The number of amides is 1. The predicted molar refractivity (Wildman–Crippen MR) is 78.3 cm³/mol. The summed E-state index contributed by atoms with van der Waals surface area (Å²) < 4.78 is 0. The summed E-state index contributed by atoms with van der Waals surface area (Å²) in [5.41, 5.74) is 4.93. The number of hydrogen-bond acceptors (Lipinski definition) is 2. The monoisotopic (exact) mass is 267 g/mol. The van der Waals surface area contributed by atoms with E-state index in [0.29, 0.717) is 6.42 Å². The van der Waals surface area contributed by atoms with Gasteiger partial charge in [0.05, 0.1) is 6.42 Å². The van der Waals surface area contributed by atoms with Crippen molar-refractivity contribution in [2.45, 2.75) is 12.5 Å². The second-order valence-corrected chi connectivity index (χ2v) is 5.38. The molecule has 3 rings (SSSR count). The van der Waals surface area contributed by atoms with Crippen molar-refractivity contribution in [2.24, 2.45) is 0 Å².